The van der Waals surface area contributed by atoms with E-state index in [1.165, 1.54) is 36.7 Å². The van der Waals surface area contributed by atoms with Crippen LogP contribution in [0.4, 0.5) is 13.2 Å². The second-order valence-corrected chi connectivity index (χ2v) is 10.2. The molecule has 2 aromatic carbocycles. The molecule has 0 unspecified atom stereocenters. The lowest BCUT2D eigenvalue weighted by Crippen LogP contribution is -2.32. The van der Waals surface area contributed by atoms with Gasteiger partial charge in [-0.15, -0.1) is 13.2 Å². The molecule has 0 atom stereocenters. The number of halogens is 3. The molecule has 1 aliphatic rings. The van der Waals surface area contributed by atoms with Crippen molar-refractivity contribution in [2.45, 2.75) is 64.0 Å². The molecule has 0 spiro atoms. The first-order valence-corrected chi connectivity index (χ1v) is 13.3. The van der Waals surface area contributed by atoms with Crippen LogP contribution in [0.15, 0.2) is 65.3 Å². The summed E-state index contributed by atoms with van der Waals surface area (Å²) in [4.78, 5) is 25.1. The van der Waals surface area contributed by atoms with Crippen LogP contribution in [0.3, 0.4) is 0 Å². The van der Waals surface area contributed by atoms with Crippen molar-refractivity contribution in [3.05, 3.63) is 72.4 Å². The monoisotopic (exact) mass is 583 g/mol. The van der Waals surface area contributed by atoms with Gasteiger partial charge in [-0.2, -0.15) is 0 Å². The summed E-state index contributed by atoms with van der Waals surface area (Å²) in [5.41, 5.74) is 1.01. The lowest BCUT2D eigenvalue weighted by atomic mass is 9.79. The van der Waals surface area contributed by atoms with E-state index in [1.54, 1.807) is 24.3 Å². The third-order valence-electron chi connectivity index (χ3n) is 6.88. The number of benzene rings is 2. The van der Waals surface area contributed by atoms with E-state index >= 15 is 0 Å². The van der Waals surface area contributed by atoms with Gasteiger partial charge in [-0.05, 0) is 68.7 Å². The Morgan fingerprint density at radius 1 is 1.02 bits per heavy atom. The number of aromatic nitrogens is 3. The van der Waals surface area contributed by atoms with Crippen molar-refractivity contribution in [2.75, 3.05) is 0 Å². The second kappa shape index (κ2) is 11.7. The highest BCUT2D eigenvalue weighted by atomic mass is 19.4. The van der Waals surface area contributed by atoms with Crippen LogP contribution in [-0.4, -0.2) is 38.5 Å². The molecule has 4 aromatic rings. The lowest BCUT2D eigenvalue weighted by Gasteiger charge is -2.24. The van der Waals surface area contributed by atoms with Gasteiger partial charge in [-0.3, -0.25) is 4.79 Å². The van der Waals surface area contributed by atoms with Gasteiger partial charge in [0.2, 0.25) is 5.89 Å². The zero-order valence-electron chi connectivity index (χ0n) is 22.9. The second-order valence-electron chi connectivity index (χ2n) is 10.2. The van der Waals surface area contributed by atoms with Gasteiger partial charge < -0.3 is 23.7 Å². The van der Waals surface area contributed by atoms with Crippen LogP contribution in [0.5, 0.6) is 17.5 Å². The fraction of sp³-hybridized carbons (Fsp3) is 0.333. The van der Waals surface area contributed by atoms with Crippen LogP contribution in [-0.2, 0) is 16.8 Å². The highest BCUT2D eigenvalue weighted by molar-refractivity contribution is 5.82. The van der Waals surface area contributed by atoms with Gasteiger partial charge >= 0.3 is 18.3 Å². The largest absolute Gasteiger partial charge is 0.573 e. The maximum atomic E-state index is 12.6. The molecule has 1 aliphatic carbocycles. The number of hydrogen-bond donors (Lipinski definition) is 1. The number of oxazole rings is 1. The molecule has 0 radical (unpaired) electrons. The molecule has 1 fully saturated rings. The van der Waals surface area contributed by atoms with Crippen molar-refractivity contribution in [1.29, 1.82) is 0 Å². The van der Waals surface area contributed by atoms with Gasteiger partial charge in [0.15, 0.2) is 12.4 Å². The Balaban J connectivity index is 1.43. The summed E-state index contributed by atoms with van der Waals surface area (Å²) in [5, 5.41) is 9.95. The molecule has 2 aromatic heterocycles. The minimum Gasteiger partial charge on any atom is -0.484 e. The molecule has 1 N–H and O–H groups in total. The van der Waals surface area contributed by atoms with Crippen molar-refractivity contribution >= 4 is 5.97 Å². The molecule has 12 heteroatoms. The fourth-order valence-electron chi connectivity index (χ4n) is 4.97. The van der Waals surface area contributed by atoms with Gasteiger partial charge in [0.25, 0.3) is 0 Å². The van der Waals surface area contributed by atoms with Crippen molar-refractivity contribution in [2.24, 2.45) is 0 Å². The molecular formula is C30H28F3N3O6. The number of carboxylic acid groups (broad SMARTS) is 1. The Bertz CT molecular complexity index is 1530. The molecule has 220 valence electrons. The molecule has 0 aliphatic heterocycles. The Morgan fingerprint density at radius 3 is 2.33 bits per heavy atom. The van der Waals surface area contributed by atoms with E-state index in [9.17, 15) is 23.1 Å². The van der Waals surface area contributed by atoms with Gasteiger partial charge in [0.05, 0.1) is 11.5 Å². The van der Waals surface area contributed by atoms with Gasteiger partial charge in [-0.25, -0.2) is 15.0 Å². The summed E-state index contributed by atoms with van der Waals surface area (Å²) in [7, 11) is 0. The topological polar surface area (TPSA) is 117 Å². The summed E-state index contributed by atoms with van der Waals surface area (Å²) in [6.07, 6.45) is 0.884. The minimum atomic E-state index is -4.82. The molecule has 0 saturated heterocycles. The number of carboxylic acids is 1. The number of carbonyl (C=O) groups is 1. The van der Waals surface area contributed by atoms with Gasteiger partial charge in [0, 0.05) is 23.5 Å². The van der Waals surface area contributed by atoms with E-state index in [0.717, 1.165) is 12.8 Å². The number of hydrogen-bond acceptors (Lipinski definition) is 8. The van der Waals surface area contributed by atoms with Crippen LogP contribution >= 0.6 is 0 Å². The predicted molar refractivity (Wildman–Crippen MR) is 144 cm³/mol. The molecule has 42 heavy (non-hydrogen) atoms. The summed E-state index contributed by atoms with van der Waals surface area (Å²) in [5.74, 6) is -0.336. The van der Waals surface area contributed by atoms with Crippen molar-refractivity contribution in [1.82, 2.24) is 15.0 Å². The average molecular weight is 584 g/mol. The Hall–Kier alpha value is -4.61. The third-order valence-corrected chi connectivity index (χ3v) is 6.88. The van der Waals surface area contributed by atoms with Crippen LogP contribution in [0.25, 0.3) is 22.6 Å². The Labute approximate surface area is 239 Å². The van der Waals surface area contributed by atoms with Crippen molar-refractivity contribution in [3.63, 3.8) is 0 Å². The van der Waals surface area contributed by atoms with E-state index in [2.05, 4.69) is 19.7 Å². The summed E-state index contributed by atoms with van der Waals surface area (Å²) < 4.78 is 59.4. The zero-order valence-corrected chi connectivity index (χ0v) is 22.9. The van der Waals surface area contributed by atoms with E-state index in [1.807, 2.05) is 13.8 Å². The average Bonchev–Trinajstić information content (AvgIpc) is 3.61. The smallest absolute Gasteiger partial charge is 0.484 e. The number of aliphatic carboxylic acids is 1. The number of nitrogens with zero attached hydrogens (tertiary/aromatic N) is 3. The first-order chi connectivity index (χ1) is 20.0. The number of alkyl halides is 3. The number of ether oxygens (including phenoxy) is 3. The third kappa shape index (κ3) is 6.48. The quantitative estimate of drug-likeness (QED) is 0.211. The van der Waals surface area contributed by atoms with Crippen LogP contribution in [0.2, 0.25) is 0 Å². The Morgan fingerprint density at radius 2 is 1.71 bits per heavy atom. The van der Waals surface area contributed by atoms with E-state index in [4.69, 9.17) is 13.9 Å². The molecule has 2 heterocycles. The normalized spacial score (nSPS) is 14.6. The minimum absolute atomic E-state index is 0.0960. The van der Waals surface area contributed by atoms with Gasteiger partial charge in [-0.1, -0.05) is 25.0 Å². The molecule has 1 saturated carbocycles. The highest BCUT2D eigenvalue weighted by Crippen LogP contribution is 2.42. The number of rotatable bonds is 10. The molecular weight excluding hydrogens is 555 g/mol. The summed E-state index contributed by atoms with van der Waals surface area (Å²) >= 11 is 0. The SMILES string of the molecule is CC(C)Oc1ncc(-c2nc(COc3cccc(C4(C(=O)O)CCCC4)c3)oc2-c2ccc(OC(F)(F)F)cc2)cn1. The van der Waals surface area contributed by atoms with Crippen LogP contribution in [0, 0.1) is 0 Å². The van der Waals surface area contributed by atoms with Crippen molar-refractivity contribution in [3.8, 4) is 40.1 Å². The van der Waals surface area contributed by atoms with Crippen molar-refractivity contribution < 1.29 is 41.7 Å². The highest BCUT2D eigenvalue weighted by Gasteiger charge is 2.43. The summed E-state index contributed by atoms with van der Waals surface area (Å²) in [6.45, 7) is 3.59. The summed E-state index contributed by atoms with van der Waals surface area (Å²) in [6, 6.07) is 12.4. The molecule has 9 nitrogen and oxygen atoms in total. The van der Waals surface area contributed by atoms with Gasteiger partial charge in [0.1, 0.15) is 17.2 Å². The molecule has 0 amide bonds. The van der Waals surface area contributed by atoms with E-state index < -0.39 is 17.7 Å². The predicted octanol–water partition coefficient (Wildman–Crippen LogP) is 6.96. The van der Waals surface area contributed by atoms with Crippen LogP contribution < -0.4 is 14.2 Å². The lowest BCUT2D eigenvalue weighted by molar-refractivity contribution is -0.274. The fourth-order valence-corrected chi connectivity index (χ4v) is 4.97. The zero-order chi connectivity index (χ0) is 29.9. The maximum Gasteiger partial charge on any atom is 0.573 e. The molecule has 5 rings (SSSR count). The molecule has 0 bridgehead atoms. The van der Waals surface area contributed by atoms with E-state index in [0.29, 0.717) is 41.0 Å². The standard InChI is InChI=1S/C30H28F3N3O6/c1-18(2)40-28-34-15-20(16-35-28)25-26(19-8-10-22(11-9-19)42-30(31,32)33)41-24(36-25)17-39-23-7-5-6-21(14-23)29(27(37)38)12-3-4-13-29/h5-11,14-16,18H,3-4,12-13,17H2,1-2H3,(H,37,38). The maximum absolute atomic E-state index is 12.6. The van der Waals surface area contributed by atoms with Crippen LogP contribution in [0.1, 0.15) is 51.0 Å². The first-order valence-electron chi connectivity index (χ1n) is 13.3. The first kappa shape index (κ1) is 28.9. The van der Waals surface area contributed by atoms with E-state index in [-0.39, 0.29) is 36.1 Å². The Kier molecular flexibility index (Phi) is 8.06.